The molecule has 0 unspecified atom stereocenters. The van der Waals surface area contributed by atoms with Crippen LogP contribution in [-0.4, -0.2) is 23.6 Å². The Hall–Kier alpha value is -2.55. The summed E-state index contributed by atoms with van der Waals surface area (Å²) >= 11 is 0. The molecule has 2 rings (SSSR count). The van der Waals surface area contributed by atoms with Crippen LogP contribution in [0.25, 0.3) is 0 Å². The van der Waals surface area contributed by atoms with E-state index < -0.39 is 17.7 Å². The summed E-state index contributed by atoms with van der Waals surface area (Å²) in [6.45, 7) is 6.27. The van der Waals surface area contributed by atoms with Crippen molar-refractivity contribution in [3.63, 3.8) is 0 Å². The number of nitriles is 1. The number of nitrogens with one attached hydrogen (secondary N) is 2. The van der Waals surface area contributed by atoms with Gasteiger partial charge in [-0.25, -0.2) is 4.79 Å². The first-order valence-corrected chi connectivity index (χ1v) is 10.0. The van der Waals surface area contributed by atoms with Gasteiger partial charge in [0.25, 0.3) is 0 Å². The molecule has 1 fully saturated rings. The van der Waals surface area contributed by atoms with Gasteiger partial charge >= 0.3 is 6.09 Å². The summed E-state index contributed by atoms with van der Waals surface area (Å²) in [6.07, 6.45) is 2.95. The van der Waals surface area contributed by atoms with Crippen molar-refractivity contribution in [2.45, 2.75) is 71.1 Å². The molecule has 0 aromatic heterocycles. The Morgan fingerprint density at radius 1 is 1.25 bits per heavy atom. The van der Waals surface area contributed by atoms with Crippen molar-refractivity contribution in [2.24, 2.45) is 11.8 Å². The molecule has 1 aliphatic carbocycles. The number of hydrogen-bond acceptors (Lipinski definition) is 4. The first-order valence-electron chi connectivity index (χ1n) is 10.0. The van der Waals surface area contributed by atoms with Crippen molar-refractivity contribution in [3.05, 3.63) is 35.9 Å². The minimum atomic E-state index is -0.839. The van der Waals surface area contributed by atoms with Gasteiger partial charge in [-0.2, -0.15) is 5.26 Å². The van der Waals surface area contributed by atoms with Crippen LogP contribution in [0.15, 0.2) is 30.3 Å². The van der Waals surface area contributed by atoms with Crippen molar-refractivity contribution in [1.29, 1.82) is 5.26 Å². The minimum Gasteiger partial charge on any atom is -0.445 e. The van der Waals surface area contributed by atoms with Gasteiger partial charge in [-0.15, -0.1) is 0 Å². The highest BCUT2D eigenvalue weighted by Crippen LogP contribution is 2.31. The lowest BCUT2D eigenvalue weighted by Gasteiger charge is -2.35. The SMILES string of the molecule is CC(C)C[C@H](NC(=O)OCc1ccccc1)C(=O)NC1(C#N)CCC(C)CC1. The molecule has 1 aliphatic rings. The van der Waals surface area contributed by atoms with Gasteiger partial charge in [0.05, 0.1) is 6.07 Å². The lowest BCUT2D eigenvalue weighted by molar-refractivity contribution is -0.125. The maximum Gasteiger partial charge on any atom is 0.408 e. The normalized spacial score (nSPS) is 22.8. The summed E-state index contributed by atoms with van der Waals surface area (Å²) in [6, 6.07) is 10.9. The fraction of sp³-hybridized carbons (Fsp3) is 0.591. The van der Waals surface area contributed by atoms with Crippen molar-refractivity contribution in [3.8, 4) is 6.07 Å². The lowest BCUT2D eigenvalue weighted by atomic mass is 9.78. The molecule has 1 aromatic rings. The van der Waals surface area contributed by atoms with Crippen LogP contribution in [0.4, 0.5) is 4.79 Å². The molecule has 0 radical (unpaired) electrons. The van der Waals surface area contributed by atoms with Crippen molar-refractivity contribution in [2.75, 3.05) is 0 Å². The van der Waals surface area contributed by atoms with E-state index in [1.54, 1.807) is 0 Å². The number of ether oxygens (including phenoxy) is 1. The van der Waals surface area contributed by atoms with Crippen molar-refractivity contribution >= 4 is 12.0 Å². The van der Waals surface area contributed by atoms with Crippen LogP contribution in [0.3, 0.4) is 0 Å². The van der Waals surface area contributed by atoms with Crippen LogP contribution < -0.4 is 10.6 Å². The monoisotopic (exact) mass is 385 g/mol. The lowest BCUT2D eigenvalue weighted by Crippen LogP contribution is -2.56. The van der Waals surface area contributed by atoms with Gasteiger partial charge in [-0.05, 0) is 49.5 Å². The predicted molar refractivity (Wildman–Crippen MR) is 107 cm³/mol. The molecule has 0 aliphatic heterocycles. The standard InChI is InChI=1S/C22H31N3O3/c1-16(2)13-19(24-21(27)28-14-18-7-5-4-6-8-18)20(26)25-22(15-23)11-9-17(3)10-12-22/h4-8,16-17,19H,9-14H2,1-3H3,(H,24,27)(H,25,26)/t17?,19-,22?/m0/s1. The van der Waals surface area contributed by atoms with Crippen molar-refractivity contribution in [1.82, 2.24) is 10.6 Å². The summed E-state index contributed by atoms with van der Waals surface area (Å²) in [5, 5.41) is 15.2. The Morgan fingerprint density at radius 2 is 1.89 bits per heavy atom. The molecular formula is C22H31N3O3. The molecule has 1 atom stereocenters. The van der Waals surface area contributed by atoms with E-state index in [1.165, 1.54) is 0 Å². The fourth-order valence-corrected chi connectivity index (χ4v) is 3.45. The van der Waals surface area contributed by atoms with Gasteiger partial charge < -0.3 is 15.4 Å². The number of amides is 2. The van der Waals surface area contributed by atoms with Gasteiger partial charge in [0.15, 0.2) is 0 Å². The van der Waals surface area contributed by atoms with Gasteiger partial charge in [0.1, 0.15) is 18.2 Å². The van der Waals surface area contributed by atoms with Gasteiger partial charge in [-0.1, -0.05) is 51.1 Å². The average Bonchev–Trinajstić information content (AvgIpc) is 2.68. The summed E-state index contributed by atoms with van der Waals surface area (Å²) in [4.78, 5) is 25.1. The van der Waals surface area contributed by atoms with E-state index in [1.807, 2.05) is 44.2 Å². The van der Waals surface area contributed by atoms with Crippen molar-refractivity contribution < 1.29 is 14.3 Å². The van der Waals surface area contributed by atoms with Crippen LogP contribution in [0.2, 0.25) is 0 Å². The molecule has 1 saturated carbocycles. The Bertz CT molecular complexity index is 689. The van der Waals surface area contributed by atoms with Crippen LogP contribution in [0.5, 0.6) is 0 Å². The van der Waals surface area contributed by atoms with E-state index in [9.17, 15) is 14.9 Å². The molecule has 0 spiro atoms. The maximum atomic E-state index is 12.9. The summed E-state index contributed by atoms with van der Waals surface area (Å²) in [7, 11) is 0. The summed E-state index contributed by atoms with van der Waals surface area (Å²) in [5.74, 6) is 0.451. The first kappa shape index (κ1) is 21.7. The Balaban J connectivity index is 1.96. The van der Waals surface area contributed by atoms with Crippen LogP contribution in [0, 0.1) is 23.2 Å². The molecule has 28 heavy (non-hydrogen) atoms. The van der Waals surface area contributed by atoms with Gasteiger partial charge in [-0.3, -0.25) is 4.79 Å². The molecule has 1 aromatic carbocycles. The molecule has 0 heterocycles. The highest BCUT2D eigenvalue weighted by molar-refractivity contribution is 5.86. The third-order valence-corrected chi connectivity index (χ3v) is 5.23. The average molecular weight is 386 g/mol. The number of carbonyl (C=O) groups excluding carboxylic acids is 2. The number of alkyl carbamates (subject to hydrolysis) is 1. The van der Waals surface area contributed by atoms with Crippen LogP contribution in [-0.2, 0) is 16.1 Å². The second kappa shape index (κ2) is 10.1. The number of hydrogen-bond donors (Lipinski definition) is 2. The maximum absolute atomic E-state index is 12.9. The highest BCUT2D eigenvalue weighted by Gasteiger charge is 2.37. The topological polar surface area (TPSA) is 91.2 Å². The molecule has 6 heteroatoms. The van der Waals surface area contributed by atoms with Gasteiger partial charge in [0, 0.05) is 0 Å². The fourth-order valence-electron chi connectivity index (χ4n) is 3.45. The third-order valence-electron chi connectivity index (χ3n) is 5.23. The zero-order valence-electron chi connectivity index (χ0n) is 17.0. The second-order valence-corrected chi connectivity index (χ2v) is 8.25. The Labute approximate surface area is 167 Å². The van der Waals surface area contributed by atoms with E-state index in [2.05, 4.69) is 23.6 Å². The largest absolute Gasteiger partial charge is 0.445 e. The summed E-state index contributed by atoms with van der Waals surface area (Å²) < 4.78 is 5.25. The van der Waals surface area contributed by atoms with E-state index in [0.29, 0.717) is 25.2 Å². The molecule has 2 N–H and O–H groups in total. The van der Waals surface area contributed by atoms with Crippen LogP contribution >= 0.6 is 0 Å². The number of carbonyl (C=O) groups is 2. The zero-order chi connectivity index (χ0) is 20.6. The summed E-state index contributed by atoms with van der Waals surface area (Å²) in [5.41, 5.74) is 0.0383. The predicted octanol–water partition coefficient (Wildman–Crippen LogP) is 3.92. The zero-order valence-corrected chi connectivity index (χ0v) is 17.0. The molecule has 0 saturated heterocycles. The Morgan fingerprint density at radius 3 is 2.46 bits per heavy atom. The third kappa shape index (κ3) is 6.56. The quantitative estimate of drug-likeness (QED) is 0.744. The molecule has 0 bridgehead atoms. The van der Waals surface area contributed by atoms with E-state index in [-0.39, 0.29) is 18.4 Å². The second-order valence-electron chi connectivity index (χ2n) is 8.25. The molecule has 152 valence electrons. The molecule has 6 nitrogen and oxygen atoms in total. The smallest absolute Gasteiger partial charge is 0.408 e. The first-order chi connectivity index (χ1) is 13.3. The Kier molecular flexibility index (Phi) is 7.86. The number of nitrogens with zero attached hydrogens (tertiary/aromatic N) is 1. The van der Waals surface area contributed by atoms with E-state index in [0.717, 1.165) is 18.4 Å². The van der Waals surface area contributed by atoms with E-state index in [4.69, 9.17) is 4.74 Å². The molecular weight excluding hydrogens is 354 g/mol. The van der Waals surface area contributed by atoms with Crippen LogP contribution in [0.1, 0.15) is 58.4 Å². The van der Waals surface area contributed by atoms with Gasteiger partial charge in [0.2, 0.25) is 5.91 Å². The molecule has 2 amide bonds. The highest BCUT2D eigenvalue weighted by atomic mass is 16.5. The van der Waals surface area contributed by atoms with E-state index >= 15 is 0 Å². The minimum absolute atomic E-state index is 0.142. The number of benzene rings is 1. The number of rotatable bonds is 7.